The topological polar surface area (TPSA) is 40.5 Å². The van der Waals surface area contributed by atoms with E-state index in [0.29, 0.717) is 19.3 Å². The Balaban J connectivity index is 2.81. The molecular formula is C14H24F3NO2. The summed E-state index contributed by atoms with van der Waals surface area (Å²) in [5, 5.41) is 9.52. The number of carboxylic acids is 1. The second-order valence-electron chi connectivity index (χ2n) is 5.83. The van der Waals surface area contributed by atoms with Gasteiger partial charge < -0.3 is 5.11 Å². The Kier molecular flexibility index (Phi) is 6.30. The summed E-state index contributed by atoms with van der Waals surface area (Å²) in [6.07, 6.45) is 0.812. The van der Waals surface area contributed by atoms with Crippen molar-refractivity contribution in [3.05, 3.63) is 0 Å². The lowest BCUT2D eigenvalue weighted by molar-refractivity contribution is -0.161. The van der Waals surface area contributed by atoms with Crippen LogP contribution in [0.15, 0.2) is 0 Å². The van der Waals surface area contributed by atoms with Crippen LogP contribution >= 0.6 is 0 Å². The third-order valence-electron chi connectivity index (χ3n) is 3.98. The van der Waals surface area contributed by atoms with E-state index in [1.165, 1.54) is 4.90 Å². The molecule has 0 aromatic carbocycles. The van der Waals surface area contributed by atoms with Crippen LogP contribution in [-0.4, -0.2) is 41.8 Å². The SMILES string of the molecule is CCCN(CC(F)(F)F)CC1(C(=O)O)CCCCCC1. The summed E-state index contributed by atoms with van der Waals surface area (Å²) < 4.78 is 37.8. The van der Waals surface area contributed by atoms with Crippen molar-refractivity contribution < 1.29 is 23.1 Å². The zero-order valence-corrected chi connectivity index (χ0v) is 12.0. The summed E-state index contributed by atoms with van der Waals surface area (Å²) in [5.41, 5.74) is -1.00. The number of hydrogen-bond donors (Lipinski definition) is 1. The molecule has 1 saturated carbocycles. The van der Waals surface area contributed by atoms with E-state index in [9.17, 15) is 23.1 Å². The van der Waals surface area contributed by atoms with Crippen molar-refractivity contribution in [2.24, 2.45) is 5.41 Å². The van der Waals surface area contributed by atoms with Crippen LogP contribution in [0.25, 0.3) is 0 Å². The van der Waals surface area contributed by atoms with Crippen LogP contribution in [0.1, 0.15) is 51.9 Å². The highest BCUT2D eigenvalue weighted by molar-refractivity contribution is 5.75. The van der Waals surface area contributed by atoms with Gasteiger partial charge >= 0.3 is 12.1 Å². The van der Waals surface area contributed by atoms with E-state index >= 15 is 0 Å². The zero-order chi connectivity index (χ0) is 15.2. The van der Waals surface area contributed by atoms with E-state index in [0.717, 1.165) is 25.7 Å². The summed E-state index contributed by atoms with van der Waals surface area (Å²) >= 11 is 0. The van der Waals surface area contributed by atoms with Crippen LogP contribution in [-0.2, 0) is 4.79 Å². The van der Waals surface area contributed by atoms with E-state index < -0.39 is 24.1 Å². The van der Waals surface area contributed by atoms with Crippen LogP contribution in [0.5, 0.6) is 0 Å². The Hall–Kier alpha value is -0.780. The first-order valence-corrected chi connectivity index (χ1v) is 7.31. The molecule has 1 N–H and O–H groups in total. The molecule has 0 spiro atoms. The summed E-state index contributed by atoms with van der Waals surface area (Å²) in [7, 11) is 0. The number of nitrogens with zero attached hydrogens (tertiary/aromatic N) is 1. The van der Waals surface area contributed by atoms with Crippen molar-refractivity contribution in [2.75, 3.05) is 19.6 Å². The lowest BCUT2D eigenvalue weighted by atomic mass is 9.79. The van der Waals surface area contributed by atoms with Gasteiger partial charge in [0.05, 0.1) is 12.0 Å². The van der Waals surface area contributed by atoms with E-state index in [2.05, 4.69) is 0 Å². The van der Waals surface area contributed by atoms with Crippen molar-refractivity contribution in [3.8, 4) is 0 Å². The van der Waals surface area contributed by atoms with Gasteiger partial charge in [-0.15, -0.1) is 0 Å². The number of carbonyl (C=O) groups is 1. The first-order valence-electron chi connectivity index (χ1n) is 7.31. The molecule has 1 aliphatic carbocycles. The molecule has 0 unspecified atom stereocenters. The third kappa shape index (κ3) is 5.31. The Morgan fingerprint density at radius 1 is 1.20 bits per heavy atom. The fraction of sp³-hybridized carbons (Fsp3) is 0.929. The summed E-state index contributed by atoms with van der Waals surface area (Å²) in [6.45, 7) is 1.09. The van der Waals surface area contributed by atoms with Gasteiger partial charge in [0.15, 0.2) is 0 Å². The monoisotopic (exact) mass is 295 g/mol. The van der Waals surface area contributed by atoms with Crippen molar-refractivity contribution in [1.82, 2.24) is 4.90 Å². The number of rotatable bonds is 6. The number of carboxylic acid groups (broad SMARTS) is 1. The molecule has 20 heavy (non-hydrogen) atoms. The Bertz CT molecular complexity index is 310. The largest absolute Gasteiger partial charge is 0.481 e. The molecular weight excluding hydrogens is 271 g/mol. The fourth-order valence-electron chi connectivity index (χ4n) is 3.06. The highest BCUT2D eigenvalue weighted by Gasteiger charge is 2.42. The normalized spacial score (nSPS) is 19.9. The molecule has 0 saturated heterocycles. The van der Waals surface area contributed by atoms with Crippen LogP contribution in [0, 0.1) is 5.41 Å². The van der Waals surface area contributed by atoms with Gasteiger partial charge in [-0.2, -0.15) is 13.2 Å². The molecule has 118 valence electrons. The third-order valence-corrected chi connectivity index (χ3v) is 3.98. The molecule has 0 heterocycles. The standard InChI is InChI=1S/C14H24F3NO2/c1-2-9-18(11-14(15,16)17)10-13(12(19)20)7-5-3-4-6-8-13/h2-11H2,1H3,(H,19,20). The van der Waals surface area contributed by atoms with Crippen molar-refractivity contribution in [1.29, 1.82) is 0 Å². The molecule has 6 heteroatoms. The van der Waals surface area contributed by atoms with Gasteiger partial charge in [0.2, 0.25) is 0 Å². The smallest absolute Gasteiger partial charge is 0.401 e. The predicted octanol–water partition coefficient (Wildman–Crippen LogP) is 3.69. The van der Waals surface area contributed by atoms with Gasteiger partial charge in [-0.3, -0.25) is 9.69 Å². The first kappa shape index (κ1) is 17.3. The van der Waals surface area contributed by atoms with Gasteiger partial charge in [0.25, 0.3) is 0 Å². The number of halogens is 3. The van der Waals surface area contributed by atoms with Crippen LogP contribution in [0.2, 0.25) is 0 Å². The summed E-state index contributed by atoms with van der Waals surface area (Å²) in [6, 6.07) is 0. The highest BCUT2D eigenvalue weighted by atomic mass is 19.4. The van der Waals surface area contributed by atoms with Gasteiger partial charge in [0, 0.05) is 6.54 Å². The van der Waals surface area contributed by atoms with Gasteiger partial charge in [-0.1, -0.05) is 32.6 Å². The van der Waals surface area contributed by atoms with E-state index in [-0.39, 0.29) is 13.1 Å². The molecule has 0 atom stereocenters. The van der Waals surface area contributed by atoms with Gasteiger partial charge in [-0.25, -0.2) is 0 Å². The molecule has 0 amide bonds. The number of alkyl halides is 3. The van der Waals surface area contributed by atoms with E-state index in [4.69, 9.17) is 0 Å². The van der Waals surface area contributed by atoms with Crippen molar-refractivity contribution in [3.63, 3.8) is 0 Å². The maximum atomic E-state index is 12.6. The Morgan fingerprint density at radius 2 is 1.75 bits per heavy atom. The maximum absolute atomic E-state index is 12.6. The molecule has 0 aromatic rings. The number of aliphatic carboxylic acids is 1. The van der Waals surface area contributed by atoms with Crippen molar-refractivity contribution >= 4 is 5.97 Å². The summed E-state index contributed by atoms with van der Waals surface area (Å²) in [4.78, 5) is 12.9. The summed E-state index contributed by atoms with van der Waals surface area (Å²) in [5.74, 6) is -0.942. The predicted molar refractivity (Wildman–Crippen MR) is 70.6 cm³/mol. The average Bonchev–Trinajstić information content (AvgIpc) is 2.53. The molecule has 0 bridgehead atoms. The second kappa shape index (κ2) is 7.29. The average molecular weight is 295 g/mol. The zero-order valence-electron chi connectivity index (χ0n) is 12.0. The minimum atomic E-state index is -4.28. The maximum Gasteiger partial charge on any atom is 0.401 e. The highest BCUT2D eigenvalue weighted by Crippen LogP contribution is 2.36. The van der Waals surface area contributed by atoms with Crippen LogP contribution in [0.3, 0.4) is 0 Å². The molecule has 0 aromatic heterocycles. The fourth-order valence-corrected chi connectivity index (χ4v) is 3.06. The van der Waals surface area contributed by atoms with E-state index in [1.807, 2.05) is 6.92 Å². The van der Waals surface area contributed by atoms with Crippen molar-refractivity contribution in [2.45, 2.75) is 58.0 Å². The first-order chi connectivity index (χ1) is 9.29. The Labute approximate surface area is 118 Å². The lowest BCUT2D eigenvalue weighted by Crippen LogP contribution is -2.46. The van der Waals surface area contributed by atoms with Crippen LogP contribution in [0.4, 0.5) is 13.2 Å². The van der Waals surface area contributed by atoms with Gasteiger partial charge in [-0.05, 0) is 25.8 Å². The second-order valence-corrected chi connectivity index (χ2v) is 5.83. The molecule has 1 rings (SSSR count). The quantitative estimate of drug-likeness (QED) is 0.760. The Morgan fingerprint density at radius 3 is 2.15 bits per heavy atom. The van der Waals surface area contributed by atoms with Crippen LogP contribution < -0.4 is 0 Å². The lowest BCUT2D eigenvalue weighted by Gasteiger charge is -2.34. The number of hydrogen-bond acceptors (Lipinski definition) is 2. The molecule has 0 radical (unpaired) electrons. The van der Waals surface area contributed by atoms with Gasteiger partial charge in [0.1, 0.15) is 0 Å². The molecule has 1 aliphatic rings. The molecule has 3 nitrogen and oxygen atoms in total. The van der Waals surface area contributed by atoms with E-state index in [1.54, 1.807) is 0 Å². The molecule has 0 aliphatic heterocycles. The molecule has 1 fully saturated rings. The minimum absolute atomic E-state index is 0.00961. The minimum Gasteiger partial charge on any atom is -0.481 e.